The molecular weight excluding hydrogens is 292 g/mol. The number of hydrogen-bond donors (Lipinski definition) is 0. The smallest absolute Gasteiger partial charge is 0.327 e. The summed E-state index contributed by atoms with van der Waals surface area (Å²) in [7, 11) is 0. The van der Waals surface area contributed by atoms with Gasteiger partial charge in [0.25, 0.3) is 11.8 Å². The molecule has 7 nitrogen and oxygen atoms in total. The van der Waals surface area contributed by atoms with Crippen LogP contribution in [0.1, 0.15) is 18.7 Å². The highest BCUT2D eigenvalue weighted by Crippen LogP contribution is 2.31. The fourth-order valence-corrected chi connectivity index (χ4v) is 2.99. The molecule has 0 radical (unpaired) electrons. The van der Waals surface area contributed by atoms with Gasteiger partial charge < -0.3 is 9.42 Å². The van der Waals surface area contributed by atoms with Gasteiger partial charge in [0.1, 0.15) is 6.54 Å². The molecular formula is C13H12N4O3S. The summed E-state index contributed by atoms with van der Waals surface area (Å²) in [5.74, 6) is 0.560. The number of thiophene rings is 1. The molecule has 0 atom stereocenters. The first-order valence-electron chi connectivity index (χ1n) is 6.70. The molecule has 2 aromatic heterocycles. The van der Waals surface area contributed by atoms with E-state index in [1.54, 1.807) is 4.90 Å². The van der Waals surface area contributed by atoms with Crippen LogP contribution in [0.15, 0.2) is 22.0 Å². The maximum absolute atomic E-state index is 12.2. The lowest BCUT2D eigenvalue weighted by Crippen LogP contribution is -2.34. The monoisotopic (exact) mass is 304 g/mol. The topological polar surface area (TPSA) is 79.5 Å². The first kappa shape index (κ1) is 12.5. The summed E-state index contributed by atoms with van der Waals surface area (Å²) < 4.78 is 5.16. The molecule has 0 aromatic carbocycles. The lowest BCUT2D eigenvalue weighted by atomic mass is 10.4. The minimum absolute atomic E-state index is 0.0652. The van der Waals surface area contributed by atoms with Crippen molar-refractivity contribution in [3.63, 3.8) is 0 Å². The van der Waals surface area contributed by atoms with E-state index in [0.717, 1.165) is 17.7 Å². The Kier molecular flexibility index (Phi) is 2.78. The average molecular weight is 304 g/mol. The Morgan fingerprint density at radius 3 is 2.95 bits per heavy atom. The van der Waals surface area contributed by atoms with Crippen molar-refractivity contribution in [2.45, 2.75) is 25.4 Å². The fraction of sp³-hybridized carbons (Fsp3) is 0.385. The molecule has 2 aliphatic rings. The number of imide groups is 1. The Morgan fingerprint density at radius 1 is 1.38 bits per heavy atom. The van der Waals surface area contributed by atoms with E-state index in [0.29, 0.717) is 11.7 Å². The molecule has 4 rings (SSSR count). The minimum atomic E-state index is -0.245. The number of urea groups is 1. The van der Waals surface area contributed by atoms with Crippen LogP contribution in [0.4, 0.5) is 4.79 Å². The quantitative estimate of drug-likeness (QED) is 0.804. The van der Waals surface area contributed by atoms with E-state index in [4.69, 9.17) is 4.52 Å². The molecule has 1 aliphatic carbocycles. The molecule has 3 amide bonds. The van der Waals surface area contributed by atoms with E-state index in [1.807, 2.05) is 17.5 Å². The Labute approximate surface area is 124 Å². The number of amides is 3. The summed E-state index contributed by atoms with van der Waals surface area (Å²) in [5.41, 5.74) is 0. The van der Waals surface area contributed by atoms with Crippen LogP contribution in [-0.2, 0) is 11.3 Å². The molecule has 3 heterocycles. The maximum atomic E-state index is 12.2. The van der Waals surface area contributed by atoms with Gasteiger partial charge in [-0.25, -0.2) is 4.79 Å². The number of aromatic nitrogens is 2. The van der Waals surface area contributed by atoms with Gasteiger partial charge in [-0.2, -0.15) is 4.98 Å². The van der Waals surface area contributed by atoms with Crippen molar-refractivity contribution < 1.29 is 14.1 Å². The molecule has 108 valence electrons. The number of carbonyl (C=O) groups is 2. The van der Waals surface area contributed by atoms with Gasteiger partial charge in [0, 0.05) is 6.04 Å². The largest absolute Gasteiger partial charge is 0.333 e. The van der Waals surface area contributed by atoms with Gasteiger partial charge >= 0.3 is 6.03 Å². The molecule has 21 heavy (non-hydrogen) atoms. The van der Waals surface area contributed by atoms with E-state index in [-0.39, 0.29) is 31.1 Å². The molecule has 0 bridgehead atoms. The normalized spacial score (nSPS) is 18.9. The van der Waals surface area contributed by atoms with Crippen molar-refractivity contribution >= 4 is 23.3 Å². The highest BCUT2D eigenvalue weighted by molar-refractivity contribution is 7.13. The van der Waals surface area contributed by atoms with E-state index in [9.17, 15) is 9.59 Å². The van der Waals surface area contributed by atoms with Crippen LogP contribution in [0.2, 0.25) is 0 Å². The van der Waals surface area contributed by atoms with Crippen molar-refractivity contribution in [1.82, 2.24) is 19.9 Å². The maximum Gasteiger partial charge on any atom is 0.327 e. The molecule has 1 saturated carbocycles. The molecule has 1 saturated heterocycles. The Morgan fingerprint density at radius 2 is 2.24 bits per heavy atom. The summed E-state index contributed by atoms with van der Waals surface area (Å²) in [6.07, 6.45) is 1.97. The van der Waals surface area contributed by atoms with Crippen molar-refractivity contribution in [1.29, 1.82) is 0 Å². The third-order valence-corrected chi connectivity index (χ3v) is 4.43. The van der Waals surface area contributed by atoms with Crippen molar-refractivity contribution in [2.75, 3.05) is 6.54 Å². The molecule has 0 N–H and O–H groups in total. The van der Waals surface area contributed by atoms with Gasteiger partial charge in [-0.1, -0.05) is 11.2 Å². The summed E-state index contributed by atoms with van der Waals surface area (Å²) in [6.45, 7) is 0.231. The van der Waals surface area contributed by atoms with E-state index >= 15 is 0 Å². The van der Waals surface area contributed by atoms with Crippen LogP contribution in [0.25, 0.3) is 10.8 Å². The molecule has 0 unspecified atom stereocenters. The lowest BCUT2D eigenvalue weighted by molar-refractivity contribution is -0.125. The molecule has 0 spiro atoms. The van der Waals surface area contributed by atoms with Gasteiger partial charge in [-0.15, -0.1) is 11.3 Å². The summed E-state index contributed by atoms with van der Waals surface area (Å²) in [5, 5.41) is 5.76. The van der Waals surface area contributed by atoms with E-state index in [2.05, 4.69) is 10.1 Å². The third-order valence-electron chi connectivity index (χ3n) is 3.57. The highest BCUT2D eigenvalue weighted by Gasteiger charge is 2.44. The molecule has 2 fully saturated rings. The summed E-state index contributed by atoms with van der Waals surface area (Å²) in [4.78, 5) is 32.1. The van der Waals surface area contributed by atoms with Crippen molar-refractivity contribution in [3.05, 3.63) is 23.3 Å². The number of carbonyl (C=O) groups excluding carboxylic acids is 2. The van der Waals surface area contributed by atoms with Crippen LogP contribution >= 0.6 is 11.3 Å². The zero-order valence-corrected chi connectivity index (χ0v) is 11.9. The number of hydrogen-bond acceptors (Lipinski definition) is 6. The van der Waals surface area contributed by atoms with Gasteiger partial charge in [-0.3, -0.25) is 9.69 Å². The van der Waals surface area contributed by atoms with Crippen LogP contribution in [0, 0.1) is 0 Å². The van der Waals surface area contributed by atoms with Crippen LogP contribution in [0.3, 0.4) is 0 Å². The predicted molar refractivity (Wildman–Crippen MR) is 73.3 cm³/mol. The summed E-state index contributed by atoms with van der Waals surface area (Å²) in [6, 6.07) is 3.76. The van der Waals surface area contributed by atoms with Gasteiger partial charge in [-0.05, 0) is 24.3 Å². The second kappa shape index (κ2) is 4.66. The van der Waals surface area contributed by atoms with Crippen LogP contribution < -0.4 is 0 Å². The van der Waals surface area contributed by atoms with Gasteiger partial charge in [0.15, 0.2) is 5.82 Å². The lowest BCUT2D eigenvalue weighted by Gasteiger charge is -2.14. The fourth-order valence-electron chi connectivity index (χ4n) is 2.35. The molecule has 2 aromatic rings. The first-order valence-corrected chi connectivity index (χ1v) is 7.58. The SMILES string of the molecule is O=C1CN(C2CC2)C(=O)N1Cc1noc(-c2cccs2)n1. The zero-order chi connectivity index (χ0) is 14.4. The van der Waals surface area contributed by atoms with E-state index in [1.165, 1.54) is 16.2 Å². The third kappa shape index (κ3) is 2.21. The Balaban J connectivity index is 1.51. The highest BCUT2D eigenvalue weighted by atomic mass is 32.1. The standard InChI is InChI=1S/C13H12N4O3S/c18-11-7-16(8-3-4-8)13(19)17(11)6-10-14-12(20-15-10)9-2-1-5-21-9/h1-2,5,8H,3-4,6-7H2. The predicted octanol–water partition coefficient (Wildman–Crippen LogP) is 1.72. The second-order valence-corrected chi connectivity index (χ2v) is 6.06. The second-order valence-electron chi connectivity index (χ2n) is 5.11. The van der Waals surface area contributed by atoms with E-state index < -0.39 is 0 Å². The zero-order valence-electron chi connectivity index (χ0n) is 11.1. The van der Waals surface area contributed by atoms with Gasteiger partial charge in [0.05, 0.1) is 11.4 Å². The molecule has 8 heteroatoms. The van der Waals surface area contributed by atoms with Crippen molar-refractivity contribution in [2.24, 2.45) is 0 Å². The first-order chi connectivity index (χ1) is 10.2. The summed E-state index contributed by atoms with van der Waals surface area (Å²) >= 11 is 1.49. The van der Waals surface area contributed by atoms with Crippen LogP contribution in [0.5, 0.6) is 0 Å². The Hall–Kier alpha value is -2.22. The number of rotatable bonds is 4. The molecule has 1 aliphatic heterocycles. The van der Waals surface area contributed by atoms with Gasteiger partial charge in [0.2, 0.25) is 0 Å². The Bertz CT molecular complexity index is 692. The van der Waals surface area contributed by atoms with Crippen molar-refractivity contribution in [3.8, 4) is 10.8 Å². The number of nitrogens with zero attached hydrogens (tertiary/aromatic N) is 4. The minimum Gasteiger partial charge on any atom is -0.333 e. The average Bonchev–Trinajstić information content (AvgIpc) is 2.90. The van der Waals surface area contributed by atoms with Crippen LogP contribution in [-0.4, -0.2) is 44.5 Å².